The van der Waals surface area contributed by atoms with Gasteiger partial charge in [-0.05, 0) is 36.2 Å². The zero-order valence-corrected chi connectivity index (χ0v) is 17.0. The van der Waals surface area contributed by atoms with Crippen LogP contribution in [0.2, 0.25) is 0 Å². The molecule has 1 unspecified atom stereocenters. The number of hydrogen-bond donors (Lipinski definition) is 2. The van der Waals surface area contributed by atoms with E-state index in [1.165, 1.54) is 0 Å². The van der Waals surface area contributed by atoms with Crippen molar-refractivity contribution in [2.75, 3.05) is 19.9 Å². The highest BCUT2D eigenvalue weighted by Crippen LogP contribution is 2.32. The first kappa shape index (κ1) is 22.5. The van der Waals surface area contributed by atoms with Crippen molar-refractivity contribution in [3.63, 3.8) is 0 Å². The minimum Gasteiger partial charge on any atom is -0.480 e. The number of rotatable bonds is 9. The van der Waals surface area contributed by atoms with Crippen molar-refractivity contribution >= 4 is 24.3 Å². The molecule has 0 aliphatic carbocycles. The van der Waals surface area contributed by atoms with E-state index in [-0.39, 0.29) is 31.7 Å². The number of carbonyl (C=O) groups excluding carboxylic acids is 1. The molecule has 8 heteroatoms. The lowest BCUT2D eigenvalue weighted by Gasteiger charge is -2.29. The van der Waals surface area contributed by atoms with Crippen molar-refractivity contribution in [3.8, 4) is 11.5 Å². The standard InChI is InChI=1S/C21H24N2O5.ClH/c1-2-10-23(13-19(24)25)20(16-6-4-3-5-7-16)21(26)22-12-15-8-9-17-18(11-15)28-14-27-17;/h3-9,11,20H,2,10,12-14H2,1H3,(H,22,26)(H,24,25);1H. The molecule has 0 saturated heterocycles. The second kappa shape index (κ2) is 10.7. The van der Waals surface area contributed by atoms with Crippen molar-refractivity contribution in [2.45, 2.75) is 25.9 Å². The molecule has 156 valence electrons. The lowest BCUT2D eigenvalue weighted by Crippen LogP contribution is -2.43. The molecule has 0 radical (unpaired) electrons. The van der Waals surface area contributed by atoms with Crippen molar-refractivity contribution < 1.29 is 24.2 Å². The largest absolute Gasteiger partial charge is 0.480 e. The highest BCUT2D eigenvalue weighted by molar-refractivity contribution is 5.85. The van der Waals surface area contributed by atoms with E-state index < -0.39 is 12.0 Å². The molecule has 29 heavy (non-hydrogen) atoms. The molecule has 7 nitrogen and oxygen atoms in total. The average Bonchev–Trinajstić information content (AvgIpc) is 3.15. The topological polar surface area (TPSA) is 88.1 Å². The van der Waals surface area contributed by atoms with Crippen molar-refractivity contribution in [2.24, 2.45) is 0 Å². The highest BCUT2D eigenvalue weighted by Gasteiger charge is 2.28. The average molecular weight is 421 g/mol. The maximum absolute atomic E-state index is 13.0. The van der Waals surface area contributed by atoms with Gasteiger partial charge in [0, 0.05) is 6.54 Å². The van der Waals surface area contributed by atoms with Crippen LogP contribution in [0.3, 0.4) is 0 Å². The quantitative estimate of drug-likeness (QED) is 0.648. The summed E-state index contributed by atoms with van der Waals surface area (Å²) in [4.78, 5) is 26.1. The van der Waals surface area contributed by atoms with Gasteiger partial charge in [-0.15, -0.1) is 12.4 Å². The van der Waals surface area contributed by atoms with Crippen LogP contribution in [0.15, 0.2) is 48.5 Å². The lowest BCUT2D eigenvalue weighted by atomic mass is 10.0. The molecule has 1 heterocycles. The highest BCUT2D eigenvalue weighted by atomic mass is 35.5. The summed E-state index contributed by atoms with van der Waals surface area (Å²) in [5.41, 5.74) is 1.64. The van der Waals surface area contributed by atoms with Gasteiger partial charge in [-0.2, -0.15) is 0 Å². The van der Waals surface area contributed by atoms with Crippen LogP contribution >= 0.6 is 12.4 Å². The summed E-state index contributed by atoms with van der Waals surface area (Å²) in [5, 5.41) is 12.2. The zero-order chi connectivity index (χ0) is 19.9. The second-order valence-electron chi connectivity index (χ2n) is 6.58. The van der Waals surface area contributed by atoms with Crippen molar-refractivity contribution in [3.05, 3.63) is 59.7 Å². The van der Waals surface area contributed by atoms with Gasteiger partial charge in [0.25, 0.3) is 0 Å². The predicted octanol–water partition coefficient (Wildman–Crippen LogP) is 2.99. The number of benzene rings is 2. The molecule has 0 bridgehead atoms. The number of carboxylic acid groups (broad SMARTS) is 1. The summed E-state index contributed by atoms with van der Waals surface area (Å²) in [6.45, 7) is 2.77. The number of nitrogens with zero attached hydrogens (tertiary/aromatic N) is 1. The Balaban J connectivity index is 0.00000300. The SMILES string of the molecule is CCCN(CC(=O)O)C(C(=O)NCc1ccc2c(c1)OCO2)c1ccccc1.Cl. The van der Waals surface area contributed by atoms with E-state index in [2.05, 4.69) is 5.32 Å². The Kier molecular flexibility index (Phi) is 8.30. The van der Waals surface area contributed by atoms with Gasteiger partial charge in [0.05, 0.1) is 6.54 Å². The Labute approximate surface area is 176 Å². The van der Waals surface area contributed by atoms with Crippen LogP contribution in [-0.2, 0) is 16.1 Å². The molecule has 1 aliphatic heterocycles. The maximum atomic E-state index is 13.0. The van der Waals surface area contributed by atoms with Gasteiger partial charge < -0.3 is 19.9 Å². The normalized spacial score (nSPS) is 12.9. The van der Waals surface area contributed by atoms with E-state index in [1.54, 1.807) is 4.90 Å². The number of amides is 1. The van der Waals surface area contributed by atoms with Crippen LogP contribution in [0, 0.1) is 0 Å². The third-order valence-corrected chi connectivity index (χ3v) is 4.48. The molecular formula is C21H25ClN2O5. The first-order chi connectivity index (χ1) is 13.6. The molecule has 0 aromatic heterocycles. The van der Waals surface area contributed by atoms with E-state index in [0.717, 1.165) is 17.5 Å². The molecule has 2 aromatic rings. The first-order valence-corrected chi connectivity index (χ1v) is 9.25. The second-order valence-corrected chi connectivity index (χ2v) is 6.58. The van der Waals surface area contributed by atoms with Gasteiger partial charge in [0.15, 0.2) is 11.5 Å². The number of fused-ring (bicyclic) bond motifs is 1. The Bertz CT molecular complexity index is 831. The molecule has 0 spiro atoms. The fraction of sp³-hybridized carbons (Fsp3) is 0.333. The molecule has 3 rings (SSSR count). The maximum Gasteiger partial charge on any atom is 0.317 e. The molecule has 1 atom stereocenters. The summed E-state index contributed by atoms with van der Waals surface area (Å²) in [5.74, 6) is 0.147. The smallest absolute Gasteiger partial charge is 0.317 e. The fourth-order valence-corrected chi connectivity index (χ4v) is 3.26. The molecular weight excluding hydrogens is 396 g/mol. The number of carbonyl (C=O) groups is 2. The minimum atomic E-state index is -0.960. The van der Waals surface area contributed by atoms with Crippen LogP contribution < -0.4 is 14.8 Å². The number of carboxylic acids is 1. The van der Waals surface area contributed by atoms with Crippen LogP contribution in [0.4, 0.5) is 0 Å². The third kappa shape index (κ3) is 5.85. The van der Waals surface area contributed by atoms with Crippen LogP contribution in [0.25, 0.3) is 0 Å². The van der Waals surface area contributed by atoms with Crippen LogP contribution in [0.5, 0.6) is 11.5 Å². The van der Waals surface area contributed by atoms with Gasteiger partial charge in [0.1, 0.15) is 6.04 Å². The molecule has 1 aliphatic rings. The molecule has 0 fully saturated rings. The summed E-state index contributed by atoms with van der Waals surface area (Å²) in [6, 6.07) is 14.1. The lowest BCUT2D eigenvalue weighted by molar-refractivity contribution is -0.140. The van der Waals surface area contributed by atoms with Crippen molar-refractivity contribution in [1.29, 1.82) is 0 Å². The Morgan fingerprint density at radius 3 is 2.55 bits per heavy atom. The van der Waals surface area contributed by atoms with E-state index in [9.17, 15) is 14.7 Å². The van der Waals surface area contributed by atoms with Gasteiger partial charge in [-0.3, -0.25) is 14.5 Å². The summed E-state index contributed by atoms with van der Waals surface area (Å²) < 4.78 is 10.7. The van der Waals surface area contributed by atoms with Crippen LogP contribution in [0.1, 0.15) is 30.5 Å². The first-order valence-electron chi connectivity index (χ1n) is 9.25. The van der Waals surface area contributed by atoms with Gasteiger partial charge >= 0.3 is 5.97 Å². The van der Waals surface area contributed by atoms with E-state index in [1.807, 2.05) is 55.5 Å². The fourth-order valence-electron chi connectivity index (χ4n) is 3.26. The Morgan fingerprint density at radius 2 is 1.86 bits per heavy atom. The number of ether oxygens (including phenoxy) is 2. The number of hydrogen-bond acceptors (Lipinski definition) is 5. The summed E-state index contributed by atoms with van der Waals surface area (Å²) in [6.07, 6.45) is 0.742. The molecule has 2 aromatic carbocycles. The van der Waals surface area contributed by atoms with E-state index in [0.29, 0.717) is 24.6 Å². The van der Waals surface area contributed by atoms with E-state index in [4.69, 9.17) is 9.47 Å². The third-order valence-electron chi connectivity index (χ3n) is 4.48. The monoisotopic (exact) mass is 420 g/mol. The summed E-state index contributed by atoms with van der Waals surface area (Å²) >= 11 is 0. The molecule has 2 N–H and O–H groups in total. The van der Waals surface area contributed by atoms with Crippen molar-refractivity contribution in [1.82, 2.24) is 10.2 Å². The van der Waals surface area contributed by atoms with Gasteiger partial charge in [0.2, 0.25) is 12.7 Å². The molecule has 1 amide bonds. The predicted molar refractivity (Wildman–Crippen MR) is 110 cm³/mol. The van der Waals surface area contributed by atoms with E-state index >= 15 is 0 Å². The van der Waals surface area contributed by atoms with Crippen LogP contribution in [-0.4, -0.2) is 41.8 Å². The number of aliphatic carboxylic acids is 1. The molecule has 0 saturated carbocycles. The number of halogens is 1. The summed E-state index contributed by atoms with van der Waals surface area (Å²) in [7, 11) is 0. The van der Waals surface area contributed by atoms with Gasteiger partial charge in [-0.1, -0.05) is 43.3 Å². The zero-order valence-electron chi connectivity index (χ0n) is 16.2. The van der Waals surface area contributed by atoms with Gasteiger partial charge in [-0.25, -0.2) is 0 Å². The minimum absolute atomic E-state index is 0. The Hall–Kier alpha value is -2.77. The Morgan fingerprint density at radius 1 is 1.14 bits per heavy atom. The number of nitrogens with one attached hydrogen (secondary N) is 1.